The molecule has 116 valence electrons. The lowest BCUT2D eigenvalue weighted by atomic mass is 9.97. The molecule has 1 N–H and O–H groups in total. The van der Waals surface area contributed by atoms with Crippen LogP contribution >= 0.6 is 0 Å². The van der Waals surface area contributed by atoms with Crippen LogP contribution < -0.4 is 4.57 Å². The Bertz CT molecular complexity index is 1030. The summed E-state index contributed by atoms with van der Waals surface area (Å²) >= 11 is 0. The zero-order chi connectivity index (χ0) is 16.0. The number of nitrogens with zero attached hydrogens (tertiary/aromatic N) is 1. The van der Waals surface area contributed by atoms with Gasteiger partial charge in [-0.2, -0.15) is 0 Å². The fourth-order valence-corrected chi connectivity index (χ4v) is 3.58. The first kappa shape index (κ1) is 14.2. The number of pyridine rings is 1. The Morgan fingerprint density at radius 3 is 2.65 bits per heavy atom. The van der Waals surface area contributed by atoms with Gasteiger partial charge in [-0.05, 0) is 36.4 Å². The van der Waals surface area contributed by atoms with Gasteiger partial charge in [0.05, 0.1) is 5.52 Å². The van der Waals surface area contributed by atoms with Crippen LogP contribution in [0.4, 0.5) is 0 Å². The Morgan fingerprint density at radius 1 is 1.00 bits per heavy atom. The van der Waals surface area contributed by atoms with Crippen LogP contribution in [0, 0.1) is 13.8 Å². The molecule has 0 amide bonds. The first-order chi connectivity index (χ1) is 11.2. The summed E-state index contributed by atoms with van der Waals surface area (Å²) in [5, 5.41) is 5.28. The van der Waals surface area contributed by atoms with Crippen LogP contribution in [0.15, 0.2) is 42.7 Å². The van der Waals surface area contributed by atoms with E-state index >= 15 is 0 Å². The van der Waals surface area contributed by atoms with Gasteiger partial charge in [-0.3, -0.25) is 0 Å². The number of fused-ring (bicyclic) bond motifs is 4. The van der Waals surface area contributed by atoms with Crippen LogP contribution in [0.1, 0.15) is 11.1 Å². The number of hydrogen-bond acceptors (Lipinski definition) is 1. The largest absolute Gasteiger partial charge is 0.378 e. The molecule has 0 aliphatic rings. The third kappa shape index (κ3) is 2.12. The molecule has 0 saturated carbocycles. The normalized spacial score (nSPS) is 11.8. The minimum atomic E-state index is 0.726. The van der Waals surface area contributed by atoms with Gasteiger partial charge in [-0.1, -0.05) is 18.2 Å². The molecule has 0 bridgehead atoms. The summed E-state index contributed by atoms with van der Waals surface area (Å²) in [4.78, 5) is 3.60. The molecule has 2 aromatic carbocycles. The predicted octanol–water partition coefficient (Wildman–Crippen LogP) is 4.03. The second-order valence-corrected chi connectivity index (χ2v) is 6.17. The molecule has 0 spiro atoms. The Hall–Kier alpha value is -2.39. The third-order valence-electron chi connectivity index (χ3n) is 4.84. The zero-order valence-corrected chi connectivity index (χ0v) is 13.8. The first-order valence-corrected chi connectivity index (χ1v) is 8.02. The molecule has 0 saturated heterocycles. The Labute approximate surface area is 135 Å². The van der Waals surface area contributed by atoms with E-state index in [0.717, 1.165) is 13.2 Å². The Morgan fingerprint density at radius 2 is 1.83 bits per heavy atom. The first-order valence-electron chi connectivity index (χ1n) is 8.02. The van der Waals surface area contributed by atoms with Crippen molar-refractivity contribution >= 4 is 32.6 Å². The van der Waals surface area contributed by atoms with Crippen LogP contribution in [-0.4, -0.2) is 18.7 Å². The molecule has 2 heterocycles. The second kappa shape index (κ2) is 5.36. The topological polar surface area (TPSA) is 28.9 Å². The maximum absolute atomic E-state index is 5.20. The minimum Gasteiger partial charge on any atom is -0.378 e. The van der Waals surface area contributed by atoms with E-state index in [1.165, 1.54) is 43.7 Å². The van der Waals surface area contributed by atoms with Gasteiger partial charge in [-0.25, -0.2) is 4.57 Å². The molecule has 0 aliphatic heterocycles. The predicted molar refractivity (Wildman–Crippen MR) is 94.9 cm³/mol. The van der Waals surface area contributed by atoms with Gasteiger partial charge in [0.25, 0.3) is 0 Å². The maximum Gasteiger partial charge on any atom is 0.177 e. The third-order valence-corrected chi connectivity index (χ3v) is 4.84. The lowest BCUT2D eigenvalue weighted by molar-refractivity contribution is -0.697. The number of hydrogen-bond donors (Lipinski definition) is 1. The van der Waals surface area contributed by atoms with Gasteiger partial charge in [0.15, 0.2) is 18.9 Å². The maximum atomic E-state index is 5.20. The summed E-state index contributed by atoms with van der Waals surface area (Å²) in [6, 6.07) is 10.8. The molecule has 2 aromatic heterocycles. The molecular formula is C20H21N2O+. The molecule has 4 rings (SSSR count). The van der Waals surface area contributed by atoms with Crippen LogP contribution in [0.5, 0.6) is 0 Å². The molecule has 0 fully saturated rings. The van der Waals surface area contributed by atoms with Crippen molar-refractivity contribution in [1.29, 1.82) is 0 Å². The molecular weight excluding hydrogens is 284 g/mol. The summed E-state index contributed by atoms with van der Waals surface area (Å²) in [7, 11) is 1.74. The van der Waals surface area contributed by atoms with Crippen molar-refractivity contribution in [3.63, 3.8) is 0 Å². The summed E-state index contributed by atoms with van der Waals surface area (Å²) in [6.07, 6.45) is 4.39. The molecule has 3 nitrogen and oxygen atoms in total. The highest BCUT2D eigenvalue weighted by molar-refractivity contribution is 6.16. The van der Waals surface area contributed by atoms with Crippen molar-refractivity contribution in [3.05, 3.63) is 53.9 Å². The molecule has 0 radical (unpaired) electrons. The van der Waals surface area contributed by atoms with E-state index in [4.69, 9.17) is 4.74 Å². The minimum absolute atomic E-state index is 0.726. The second-order valence-electron chi connectivity index (χ2n) is 6.17. The zero-order valence-electron chi connectivity index (χ0n) is 13.8. The van der Waals surface area contributed by atoms with E-state index in [0.29, 0.717) is 0 Å². The van der Waals surface area contributed by atoms with E-state index in [2.05, 4.69) is 66.1 Å². The number of aromatic nitrogens is 2. The number of H-pyrrole nitrogens is 1. The van der Waals surface area contributed by atoms with Crippen molar-refractivity contribution in [2.24, 2.45) is 0 Å². The van der Waals surface area contributed by atoms with Crippen molar-refractivity contribution in [2.45, 2.75) is 20.4 Å². The van der Waals surface area contributed by atoms with Gasteiger partial charge < -0.3 is 9.72 Å². The smallest absolute Gasteiger partial charge is 0.177 e. The van der Waals surface area contributed by atoms with Gasteiger partial charge in [0.1, 0.15) is 6.61 Å². The van der Waals surface area contributed by atoms with Crippen LogP contribution in [0.2, 0.25) is 0 Å². The highest BCUT2D eigenvalue weighted by Gasteiger charge is 2.16. The quantitative estimate of drug-likeness (QED) is 0.569. The standard InChI is InChI=1S/C20H20N2O/c1-13-17-12-22(10-11-23-3)9-8-15(17)14(2)20-19(13)16-6-4-5-7-18(16)21-20/h4-9,12H,10-11H2,1-3H3/p+1. The van der Waals surface area contributed by atoms with Crippen molar-refractivity contribution < 1.29 is 9.30 Å². The summed E-state index contributed by atoms with van der Waals surface area (Å²) in [5.74, 6) is 0. The van der Waals surface area contributed by atoms with Crippen molar-refractivity contribution in [1.82, 2.24) is 4.98 Å². The van der Waals surface area contributed by atoms with E-state index in [-0.39, 0.29) is 0 Å². The Kier molecular flexibility index (Phi) is 3.31. The summed E-state index contributed by atoms with van der Waals surface area (Å²) < 4.78 is 7.41. The molecule has 3 heteroatoms. The van der Waals surface area contributed by atoms with E-state index < -0.39 is 0 Å². The fourth-order valence-electron chi connectivity index (χ4n) is 3.58. The summed E-state index contributed by atoms with van der Waals surface area (Å²) in [6.45, 7) is 6.03. The van der Waals surface area contributed by atoms with E-state index in [1.54, 1.807) is 7.11 Å². The van der Waals surface area contributed by atoms with Gasteiger partial charge in [-0.15, -0.1) is 0 Å². The van der Waals surface area contributed by atoms with Crippen LogP contribution in [-0.2, 0) is 11.3 Å². The number of methoxy groups -OCH3 is 1. The van der Waals surface area contributed by atoms with Crippen molar-refractivity contribution in [2.75, 3.05) is 13.7 Å². The molecule has 4 aromatic rings. The molecule has 23 heavy (non-hydrogen) atoms. The lowest BCUT2D eigenvalue weighted by Crippen LogP contribution is -2.35. The molecule has 0 atom stereocenters. The highest BCUT2D eigenvalue weighted by Crippen LogP contribution is 2.35. The van der Waals surface area contributed by atoms with E-state index in [9.17, 15) is 0 Å². The fraction of sp³-hybridized carbons (Fsp3) is 0.250. The number of ether oxygens (including phenoxy) is 1. The van der Waals surface area contributed by atoms with Crippen LogP contribution in [0.25, 0.3) is 32.6 Å². The number of aryl methyl sites for hydroxylation is 2. The summed E-state index contributed by atoms with van der Waals surface area (Å²) in [5.41, 5.74) is 5.11. The highest BCUT2D eigenvalue weighted by atomic mass is 16.5. The van der Waals surface area contributed by atoms with Gasteiger partial charge in [0, 0.05) is 34.9 Å². The van der Waals surface area contributed by atoms with Crippen LogP contribution in [0.3, 0.4) is 0 Å². The molecule has 0 unspecified atom stereocenters. The van der Waals surface area contributed by atoms with Crippen molar-refractivity contribution in [3.8, 4) is 0 Å². The average Bonchev–Trinajstić information content (AvgIpc) is 2.97. The number of rotatable bonds is 3. The Balaban J connectivity index is 2.09. The number of para-hydroxylation sites is 1. The lowest BCUT2D eigenvalue weighted by Gasteiger charge is -2.08. The van der Waals surface area contributed by atoms with E-state index in [1.807, 2.05) is 0 Å². The monoisotopic (exact) mass is 305 g/mol. The number of nitrogens with one attached hydrogen (secondary N) is 1. The van der Waals surface area contributed by atoms with Gasteiger partial charge >= 0.3 is 0 Å². The number of benzene rings is 2. The average molecular weight is 305 g/mol. The molecule has 0 aliphatic carbocycles. The number of aromatic amines is 1. The van der Waals surface area contributed by atoms with Gasteiger partial charge in [0.2, 0.25) is 0 Å². The SMILES string of the molecule is COCC[n+]1ccc2c(C)c3[nH]c4ccccc4c3c(C)c2c1.